The van der Waals surface area contributed by atoms with Gasteiger partial charge in [-0.25, -0.2) is 17.2 Å². The molecule has 0 heterocycles. The molecule has 0 radical (unpaired) electrons. The van der Waals surface area contributed by atoms with E-state index in [1.165, 1.54) is 12.1 Å². The molecule has 156 valence electrons. The largest absolute Gasteiger partial charge is 0.319 e. The van der Waals surface area contributed by atoms with Crippen LogP contribution in [0.15, 0.2) is 76.1 Å². The van der Waals surface area contributed by atoms with Crippen molar-refractivity contribution in [2.24, 2.45) is 0 Å². The molecule has 1 amide bonds. The van der Waals surface area contributed by atoms with Gasteiger partial charge in [0, 0.05) is 11.0 Å². The van der Waals surface area contributed by atoms with Crippen LogP contribution in [-0.2, 0) is 10.0 Å². The Bertz CT molecular complexity index is 1190. The van der Waals surface area contributed by atoms with E-state index < -0.39 is 33.1 Å². The summed E-state index contributed by atoms with van der Waals surface area (Å²) in [6.45, 7) is 1.80. The van der Waals surface area contributed by atoms with Crippen LogP contribution in [0.1, 0.15) is 17.3 Å². The van der Waals surface area contributed by atoms with Crippen LogP contribution < -0.4 is 9.62 Å². The summed E-state index contributed by atoms with van der Waals surface area (Å²) in [5, 5.41) is 2.26. The van der Waals surface area contributed by atoms with Crippen LogP contribution in [0.3, 0.4) is 0 Å². The molecule has 0 aliphatic carbocycles. The van der Waals surface area contributed by atoms with Gasteiger partial charge in [0.05, 0.1) is 21.8 Å². The summed E-state index contributed by atoms with van der Waals surface area (Å²) in [4.78, 5) is 12.3. The van der Waals surface area contributed by atoms with Crippen LogP contribution in [-0.4, -0.2) is 20.9 Å². The topological polar surface area (TPSA) is 66.5 Å². The first kappa shape index (κ1) is 21.9. The zero-order valence-electron chi connectivity index (χ0n) is 15.8. The lowest BCUT2D eigenvalue weighted by molar-refractivity contribution is 0.102. The minimum Gasteiger partial charge on any atom is -0.319 e. The van der Waals surface area contributed by atoms with Crippen molar-refractivity contribution in [2.75, 3.05) is 16.2 Å². The molecule has 0 atom stereocenters. The molecule has 0 saturated heterocycles. The van der Waals surface area contributed by atoms with Crippen LogP contribution >= 0.6 is 15.9 Å². The van der Waals surface area contributed by atoms with E-state index in [4.69, 9.17) is 0 Å². The van der Waals surface area contributed by atoms with Gasteiger partial charge in [-0.1, -0.05) is 34.1 Å². The van der Waals surface area contributed by atoms with Crippen LogP contribution in [0.25, 0.3) is 0 Å². The molecule has 0 aliphatic rings. The number of hydrogen-bond donors (Lipinski definition) is 1. The third-order valence-electron chi connectivity index (χ3n) is 4.28. The number of sulfonamides is 1. The standard InChI is InChI=1S/C21H17BrF2N2O3S/c1-2-26(15-6-4-3-5-7-15)30(28,29)16-9-10-18(23)17(13-16)21(27)25-20-11-8-14(22)12-19(20)24/h3-13H,2H2,1H3,(H,25,27). The van der Waals surface area contributed by atoms with Gasteiger partial charge >= 0.3 is 0 Å². The van der Waals surface area contributed by atoms with E-state index in [9.17, 15) is 22.0 Å². The van der Waals surface area contributed by atoms with Crippen LogP contribution in [0.4, 0.5) is 20.2 Å². The van der Waals surface area contributed by atoms with Crippen LogP contribution in [0, 0.1) is 11.6 Å². The number of anilines is 2. The average molecular weight is 495 g/mol. The third kappa shape index (κ3) is 4.52. The van der Waals surface area contributed by atoms with Gasteiger partial charge in [-0.15, -0.1) is 0 Å². The number of amides is 1. The maximum Gasteiger partial charge on any atom is 0.264 e. The Morgan fingerprint density at radius 1 is 1.00 bits per heavy atom. The lowest BCUT2D eigenvalue weighted by Gasteiger charge is -2.23. The first-order chi connectivity index (χ1) is 14.2. The number of rotatable bonds is 6. The Labute approximate surface area is 181 Å². The minimum absolute atomic E-state index is 0.134. The second-order valence-corrected chi connectivity index (χ2v) is 9.00. The molecular weight excluding hydrogens is 478 g/mol. The Hall–Kier alpha value is -2.78. The van der Waals surface area contributed by atoms with E-state index >= 15 is 0 Å². The fourth-order valence-electron chi connectivity index (χ4n) is 2.83. The molecule has 3 aromatic rings. The highest BCUT2D eigenvalue weighted by Gasteiger charge is 2.26. The van der Waals surface area contributed by atoms with Crippen molar-refractivity contribution in [1.29, 1.82) is 0 Å². The highest BCUT2D eigenvalue weighted by molar-refractivity contribution is 9.10. The van der Waals surface area contributed by atoms with Gasteiger partial charge < -0.3 is 5.32 Å². The number of carbonyl (C=O) groups excluding carboxylic acids is 1. The van der Waals surface area contributed by atoms with Gasteiger partial charge in [0.25, 0.3) is 15.9 Å². The van der Waals surface area contributed by atoms with Crippen LogP contribution in [0.2, 0.25) is 0 Å². The van der Waals surface area contributed by atoms with Crippen molar-refractivity contribution < 1.29 is 22.0 Å². The van der Waals surface area contributed by atoms with Gasteiger partial charge in [-0.2, -0.15) is 0 Å². The maximum absolute atomic E-state index is 14.3. The predicted molar refractivity (Wildman–Crippen MR) is 115 cm³/mol. The molecule has 1 N–H and O–H groups in total. The highest BCUT2D eigenvalue weighted by atomic mass is 79.9. The molecule has 9 heteroatoms. The van der Waals surface area contributed by atoms with Crippen molar-refractivity contribution in [3.05, 3.63) is 88.4 Å². The number of nitrogens with zero attached hydrogens (tertiary/aromatic N) is 1. The lowest BCUT2D eigenvalue weighted by Crippen LogP contribution is -2.31. The van der Waals surface area contributed by atoms with Gasteiger partial charge in [0.2, 0.25) is 0 Å². The quantitative estimate of drug-likeness (QED) is 0.512. The number of halogens is 3. The van der Waals surface area contributed by atoms with Gasteiger partial charge in [0.1, 0.15) is 11.6 Å². The number of hydrogen-bond acceptors (Lipinski definition) is 3. The summed E-state index contributed by atoms with van der Waals surface area (Å²) in [5.74, 6) is -2.61. The molecule has 0 aliphatic heterocycles. The minimum atomic E-state index is -4.06. The molecule has 0 aromatic heterocycles. The summed E-state index contributed by atoms with van der Waals surface area (Å²) in [6.07, 6.45) is 0. The predicted octanol–water partition coefficient (Wildman–Crippen LogP) is 5.19. The molecule has 3 aromatic carbocycles. The van der Waals surface area contributed by atoms with E-state index in [-0.39, 0.29) is 17.1 Å². The molecule has 3 rings (SSSR count). The van der Waals surface area contributed by atoms with Crippen molar-refractivity contribution in [2.45, 2.75) is 11.8 Å². The third-order valence-corrected chi connectivity index (χ3v) is 6.67. The molecule has 0 bridgehead atoms. The summed E-state index contributed by atoms with van der Waals surface area (Å²) in [6, 6.07) is 15.3. The Morgan fingerprint density at radius 2 is 1.70 bits per heavy atom. The Kier molecular flexibility index (Phi) is 6.52. The second kappa shape index (κ2) is 8.93. The van der Waals surface area contributed by atoms with Gasteiger partial charge in [0.15, 0.2) is 0 Å². The summed E-state index contributed by atoms with van der Waals surface area (Å²) in [5.41, 5.74) is -0.231. The second-order valence-electron chi connectivity index (χ2n) is 6.23. The monoisotopic (exact) mass is 494 g/mol. The zero-order valence-corrected chi connectivity index (χ0v) is 18.2. The SMILES string of the molecule is CCN(c1ccccc1)S(=O)(=O)c1ccc(F)c(C(=O)Nc2ccc(Br)cc2F)c1. The van der Waals surface area contributed by atoms with E-state index in [2.05, 4.69) is 21.2 Å². The van der Waals surface area contributed by atoms with Crippen molar-refractivity contribution >= 4 is 43.2 Å². The lowest BCUT2D eigenvalue weighted by atomic mass is 10.2. The van der Waals surface area contributed by atoms with E-state index in [0.717, 1.165) is 28.6 Å². The molecule has 0 unspecified atom stereocenters. The normalized spacial score (nSPS) is 11.2. The smallest absolute Gasteiger partial charge is 0.264 e. The zero-order chi connectivity index (χ0) is 21.9. The summed E-state index contributed by atoms with van der Waals surface area (Å²) < 4.78 is 56.1. The Morgan fingerprint density at radius 3 is 2.33 bits per heavy atom. The first-order valence-corrected chi connectivity index (χ1v) is 11.1. The molecule has 0 spiro atoms. The fourth-order valence-corrected chi connectivity index (χ4v) is 4.67. The maximum atomic E-state index is 14.3. The van der Waals surface area contributed by atoms with Crippen molar-refractivity contribution in [3.8, 4) is 0 Å². The van der Waals surface area contributed by atoms with E-state index in [0.29, 0.717) is 10.2 Å². The first-order valence-electron chi connectivity index (χ1n) is 8.87. The Balaban J connectivity index is 1.97. The van der Waals surface area contributed by atoms with Crippen LogP contribution in [0.5, 0.6) is 0 Å². The average Bonchev–Trinajstić information content (AvgIpc) is 2.71. The summed E-state index contributed by atoms with van der Waals surface area (Å²) in [7, 11) is -4.06. The molecule has 0 fully saturated rings. The fraction of sp³-hybridized carbons (Fsp3) is 0.0952. The molecule has 30 heavy (non-hydrogen) atoms. The van der Waals surface area contributed by atoms with Crippen molar-refractivity contribution in [3.63, 3.8) is 0 Å². The number of benzene rings is 3. The summed E-state index contributed by atoms with van der Waals surface area (Å²) >= 11 is 3.11. The molecule has 0 saturated carbocycles. The van der Waals surface area contributed by atoms with Crippen molar-refractivity contribution in [1.82, 2.24) is 0 Å². The van der Waals surface area contributed by atoms with Gasteiger partial charge in [-0.3, -0.25) is 9.10 Å². The molecular formula is C21H17BrF2N2O3S. The number of nitrogens with one attached hydrogen (secondary N) is 1. The van der Waals surface area contributed by atoms with E-state index in [1.54, 1.807) is 37.3 Å². The number of para-hydroxylation sites is 1. The highest BCUT2D eigenvalue weighted by Crippen LogP contribution is 2.26. The number of carbonyl (C=O) groups is 1. The van der Waals surface area contributed by atoms with E-state index in [1.807, 2.05) is 0 Å². The van der Waals surface area contributed by atoms with Gasteiger partial charge in [-0.05, 0) is 55.5 Å². The molecule has 5 nitrogen and oxygen atoms in total.